The summed E-state index contributed by atoms with van der Waals surface area (Å²) in [6.45, 7) is 5.24. The van der Waals surface area contributed by atoms with Crippen molar-refractivity contribution in [3.63, 3.8) is 0 Å². The molecule has 0 aromatic heterocycles. The van der Waals surface area contributed by atoms with Gasteiger partial charge in [-0.25, -0.2) is 9.59 Å². The van der Waals surface area contributed by atoms with Crippen molar-refractivity contribution in [3.8, 4) is 68.2 Å². The standard InChI is InChI=1S/C58H44O10/c1-36-33-41(17-31-54(36)62-4)42-18-32-55(37(2)34-42)68-58(61)67-48-29-25-45(26-30-48)64-44-23-27-47(28-24-44)66-57(60)65-46-21-15-40(16-22-46)56-51-11-7-5-9-49(51)53(50-10-6-8-12-52(50)56)35-39-13-19-43(20-14-39)63-38(3)59/h5-34H,35H2,1-4H3. The Bertz CT molecular complexity index is 3250. The molecule has 0 saturated carbocycles. The molecule has 0 aliphatic heterocycles. The minimum atomic E-state index is -0.891. The zero-order chi connectivity index (χ0) is 47.1. The number of hydrogen-bond acceptors (Lipinski definition) is 10. The Morgan fingerprint density at radius 2 is 0.809 bits per heavy atom. The van der Waals surface area contributed by atoms with Crippen LogP contribution < -0.4 is 33.2 Å². The lowest BCUT2D eigenvalue weighted by molar-refractivity contribution is -0.131. The lowest BCUT2D eigenvalue weighted by Crippen LogP contribution is -2.14. The molecule has 0 atom stereocenters. The maximum absolute atomic E-state index is 12.9. The number of benzene rings is 9. The summed E-state index contributed by atoms with van der Waals surface area (Å²) in [5, 5.41) is 4.44. The molecule has 0 aliphatic rings. The predicted molar refractivity (Wildman–Crippen MR) is 262 cm³/mol. The van der Waals surface area contributed by atoms with E-state index in [0.717, 1.165) is 66.2 Å². The summed E-state index contributed by atoms with van der Waals surface area (Å²) >= 11 is 0. The zero-order valence-electron chi connectivity index (χ0n) is 37.6. The van der Waals surface area contributed by atoms with Gasteiger partial charge in [-0.15, -0.1) is 0 Å². The van der Waals surface area contributed by atoms with Crippen molar-refractivity contribution in [2.24, 2.45) is 0 Å². The van der Waals surface area contributed by atoms with Crippen LogP contribution in [0.15, 0.2) is 182 Å². The first-order chi connectivity index (χ1) is 33.1. The van der Waals surface area contributed by atoms with Gasteiger partial charge in [-0.05, 0) is 183 Å². The van der Waals surface area contributed by atoms with Crippen LogP contribution >= 0.6 is 0 Å². The van der Waals surface area contributed by atoms with E-state index in [9.17, 15) is 14.4 Å². The number of esters is 1. The summed E-state index contributed by atoms with van der Waals surface area (Å²) in [6, 6.07) is 56.2. The van der Waals surface area contributed by atoms with E-state index in [2.05, 4.69) is 24.3 Å². The van der Waals surface area contributed by atoms with E-state index >= 15 is 0 Å². The molecule has 0 radical (unpaired) electrons. The van der Waals surface area contributed by atoms with Crippen molar-refractivity contribution in [2.75, 3.05) is 7.11 Å². The van der Waals surface area contributed by atoms with E-state index in [1.54, 1.807) is 73.8 Å². The third-order valence-corrected chi connectivity index (χ3v) is 11.3. The van der Waals surface area contributed by atoms with Crippen LogP contribution in [-0.4, -0.2) is 25.4 Å². The Balaban J connectivity index is 0.795. The molecule has 68 heavy (non-hydrogen) atoms. The van der Waals surface area contributed by atoms with E-state index in [1.807, 2.05) is 105 Å². The number of rotatable bonds is 12. The van der Waals surface area contributed by atoms with Crippen molar-refractivity contribution in [2.45, 2.75) is 27.2 Å². The normalized spacial score (nSPS) is 10.9. The van der Waals surface area contributed by atoms with E-state index in [4.69, 9.17) is 33.2 Å². The molecule has 0 heterocycles. The molecule has 9 aromatic carbocycles. The van der Waals surface area contributed by atoms with Crippen LogP contribution in [-0.2, 0) is 11.2 Å². The number of aryl methyl sites for hydroxylation is 2. The second-order valence-electron chi connectivity index (χ2n) is 16.0. The lowest BCUT2D eigenvalue weighted by atomic mass is 9.86. The van der Waals surface area contributed by atoms with E-state index in [1.165, 1.54) is 12.5 Å². The van der Waals surface area contributed by atoms with Crippen LogP contribution in [0.5, 0.6) is 46.0 Å². The van der Waals surface area contributed by atoms with Crippen LogP contribution in [0.25, 0.3) is 43.8 Å². The van der Waals surface area contributed by atoms with Gasteiger partial charge in [0.1, 0.15) is 46.0 Å². The van der Waals surface area contributed by atoms with Crippen molar-refractivity contribution in [1.29, 1.82) is 0 Å². The molecular weight excluding hydrogens is 857 g/mol. The highest BCUT2D eigenvalue weighted by atomic mass is 16.7. The zero-order valence-corrected chi connectivity index (χ0v) is 37.6. The highest BCUT2D eigenvalue weighted by Gasteiger charge is 2.18. The summed E-state index contributed by atoms with van der Waals surface area (Å²) in [6.07, 6.45) is -1.08. The maximum atomic E-state index is 12.9. The molecule has 0 amide bonds. The average Bonchev–Trinajstić information content (AvgIpc) is 3.34. The summed E-state index contributed by atoms with van der Waals surface area (Å²) < 4.78 is 38.5. The van der Waals surface area contributed by atoms with Gasteiger partial charge in [-0.1, -0.05) is 84.9 Å². The van der Waals surface area contributed by atoms with Crippen LogP contribution in [0.1, 0.15) is 29.2 Å². The third kappa shape index (κ3) is 10.1. The molecule has 0 spiro atoms. The minimum absolute atomic E-state index is 0.264. The summed E-state index contributed by atoms with van der Waals surface area (Å²) in [4.78, 5) is 37.0. The van der Waals surface area contributed by atoms with Gasteiger partial charge >= 0.3 is 18.3 Å². The predicted octanol–water partition coefficient (Wildman–Crippen LogP) is 14.4. The first-order valence-electron chi connectivity index (χ1n) is 21.8. The van der Waals surface area contributed by atoms with Gasteiger partial charge in [0.15, 0.2) is 0 Å². The first kappa shape index (κ1) is 44.3. The topological polar surface area (TPSA) is 116 Å². The molecular formula is C58H44O10. The fraction of sp³-hybridized carbons (Fsp3) is 0.0862. The fourth-order valence-corrected chi connectivity index (χ4v) is 8.16. The first-order valence-corrected chi connectivity index (χ1v) is 21.8. The van der Waals surface area contributed by atoms with Crippen LogP contribution in [0, 0.1) is 13.8 Å². The number of methoxy groups -OCH3 is 1. The third-order valence-electron chi connectivity index (χ3n) is 11.3. The number of fused-ring (bicyclic) bond motifs is 2. The average molecular weight is 901 g/mol. The molecule has 0 unspecified atom stereocenters. The number of carbonyl (C=O) groups is 3. The molecule has 10 nitrogen and oxygen atoms in total. The van der Waals surface area contributed by atoms with E-state index in [-0.39, 0.29) is 17.5 Å². The van der Waals surface area contributed by atoms with Gasteiger partial charge in [0.25, 0.3) is 0 Å². The Hall–Kier alpha value is -8.89. The summed E-state index contributed by atoms with van der Waals surface area (Å²) in [7, 11) is 1.65. The molecule has 9 rings (SSSR count). The van der Waals surface area contributed by atoms with Crippen molar-refractivity contribution in [1.82, 2.24) is 0 Å². The molecule has 0 fully saturated rings. The Morgan fingerprint density at radius 1 is 0.412 bits per heavy atom. The largest absolute Gasteiger partial charge is 0.519 e. The Labute approximate surface area is 392 Å². The highest BCUT2D eigenvalue weighted by molar-refractivity contribution is 6.15. The monoisotopic (exact) mass is 900 g/mol. The van der Waals surface area contributed by atoms with Crippen molar-refractivity contribution >= 4 is 39.8 Å². The smallest absolute Gasteiger partial charge is 0.496 e. The summed E-state index contributed by atoms with van der Waals surface area (Å²) in [5.41, 5.74) is 8.12. The highest BCUT2D eigenvalue weighted by Crippen LogP contribution is 2.41. The molecule has 10 heteroatoms. The van der Waals surface area contributed by atoms with Gasteiger partial charge < -0.3 is 33.2 Å². The Morgan fingerprint density at radius 3 is 1.28 bits per heavy atom. The summed E-state index contributed by atoms with van der Waals surface area (Å²) in [5.74, 6) is 3.21. The van der Waals surface area contributed by atoms with Crippen LogP contribution in [0.3, 0.4) is 0 Å². The SMILES string of the molecule is COc1ccc(-c2ccc(OC(=O)Oc3ccc(Oc4ccc(OC(=O)Oc5ccc(-c6c7ccccc7c(Cc7ccc(OC(C)=O)cc7)c7ccccc67)cc5)cc4)cc3)c(C)c2)cc1C. The van der Waals surface area contributed by atoms with Gasteiger partial charge in [-0.2, -0.15) is 0 Å². The van der Waals surface area contributed by atoms with Gasteiger partial charge in [0, 0.05) is 6.92 Å². The molecule has 0 bridgehead atoms. The fourth-order valence-electron chi connectivity index (χ4n) is 8.16. The number of ether oxygens (including phenoxy) is 7. The van der Waals surface area contributed by atoms with Gasteiger partial charge in [-0.3, -0.25) is 4.79 Å². The van der Waals surface area contributed by atoms with E-state index in [0.29, 0.717) is 35.2 Å². The molecule has 9 aromatic rings. The quantitative estimate of drug-likeness (QED) is 0.0508. The second-order valence-corrected chi connectivity index (χ2v) is 16.0. The number of carbonyl (C=O) groups excluding carboxylic acids is 3. The minimum Gasteiger partial charge on any atom is -0.496 e. The molecule has 0 saturated heterocycles. The van der Waals surface area contributed by atoms with E-state index < -0.39 is 12.3 Å². The molecule has 0 N–H and O–H groups in total. The number of hydrogen-bond donors (Lipinski definition) is 0. The van der Waals surface area contributed by atoms with Crippen LogP contribution in [0.2, 0.25) is 0 Å². The molecule has 336 valence electrons. The van der Waals surface area contributed by atoms with Gasteiger partial charge in [0.05, 0.1) is 7.11 Å². The second kappa shape index (κ2) is 19.7. The Kier molecular flexibility index (Phi) is 12.8. The van der Waals surface area contributed by atoms with Crippen LogP contribution in [0.4, 0.5) is 9.59 Å². The lowest BCUT2D eigenvalue weighted by Gasteiger charge is -2.18. The van der Waals surface area contributed by atoms with Crippen molar-refractivity contribution < 1.29 is 47.5 Å². The van der Waals surface area contributed by atoms with Crippen molar-refractivity contribution in [3.05, 3.63) is 204 Å². The van der Waals surface area contributed by atoms with Gasteiger partial charge in [0.2, 0.25) is 0 Å². The maximum Gasteiger partial charge on any atom is 0.519 e. The molecule has 0 aliphatic carbocycles.